The average Bonchev–Trinajstić information content (AvgIpc) is 2.28. The summed E-state index contributed by atoms with van der Waals surface area (Å²) in [5.41, 5.74) is 0. The van der Waals surface area contributed by atoms with E-state index in [1.807, 2.05) is 0 Å². The molecule has 5 nitrogen and oxygen atoms in total. The first-order valence-corrected chi connectivity index (χ1v) is 5.77. The number of hydrogen-bond acceptors (Lipinski definition) is 3. The molecule has 2 N–H and O–H groups in total. The van der Waals surface area contributed by atoms with Crippen molar-refractivity contribution in [2.45, 2.75) is 38.3 Å². The summed E-state index contributed by atoms with van der Waals surface area (Å²) < 4.78 is 0. The second-order valence-corrected chi connectivity index (χ2v) is 4.47. The summed E-state index contributed by atoms with van der Waals surface area (Å²) in [4.78, 5) is 24.8. The quantitative estimate of drug-likeness (QED) is 0.697. The van der Waals surface area contributed by atoms with Gasteiger partial charge in [0.25, 0.3) is 0 Å². The molecule has 16 heavy (non-hydrogen) atoms. The van der Waals surface area contributed by atoms with Gasteiger partial charge < -0.3 is 15.5 Å². The topological polar surface area (TPSA) is 61.4 Å². The lowest BCUT2D eigenvalue weighted by atomic mass is 10.0. The molecule has 0 saturated carbocycles. The second kappa shape index (κ2) is 5.84. The maximum Gasteiger partial charge on any atom is 0.244 e. The molecule has 0 aromatic rings. The Hall–Kier alpha value is -1.10. The predicted octanol–water partition coefficient (Wildman–Crippen LogP) is -0.279. The van der Waals surface area contributed by atoms with E-state index in [1.54, 1.807) is 21.0 Å². The van der Waals surface area contributed by atoms with Crippen molar-refractivity contribution in [2.75, 3.05) is 20.6 Å². The molecular weight excluding hydrogens is 206 g/mol. The summed E-state index contributed by atoms with van der Waals surface area (Å²) in [6.07, 6.45) is 3.05. The Kier molecular flexibility index (Phi) is 4.73. The lowest BCUT2D eigenvalue weighted by Gasteiger charge is -2.25. The van der Waals surface area contributed by atoms with E-state index >= 15 is 0 Å². The predicted molar refractivity (Wildman–Crippen MR) is 61.9 cm³/mol. The Labute approximate surface area is 96.6 Å². The number of hydrogen-bond donors (Lipinski definition) is 2. The van der Waals surface area contributed by atoms with E-state index in [0.717, 1.165) is 25.8 Å². The van der Waals surface area contributed by atoms with E-state index in [2.05, 4.69) is 10.6 Å². The van der Waals surface area contributed by atoms with E-state index in [0.29, 0.717) is 0 Å². The molecule has 0 aromatic carbocycles. The van der Waals surface area contributed by atoms with Crippen LogP contribution in [0.3, 0.4) is 0 Å². The van der Waals surface area contributed by atoms with Crippen molar-refractivity contribution in [3.63, 3.8) is 0 Å². The van der Waals surface area contributed by atoms with Crippen molar-refractivity contribution < 1.29 is 9.59 Å². The molecule has 0 radical (unpaired) electrons. The van der Waals surface area contributed by atoms with Crippen LogP contribution in [0.5, 0.6) is 0 Å². The lowest BCUT2D eigenvalue weighted by Crippen LogP contribution is -2.52. The van der Waals surface area contributed by atoms with Crippen LogP contribution in [0.1, 0.15) is 26.2 Å². The first-order valence-electron chi connectivity index (χ1n) is 5.77. The number of rotatable bonds is 3. The number of carbonyl (C=O) groups is 2. The molecule has 0 spiro atoms. The fourth-order valence-electron chi connectivity index (χ4n) is 1.84. The molecule has 1 unspecified atom stereocenters. The first kappa shape index (κ1) is 13.0. The molecule has 1 fully saturated rings. The highest BCUT2D eigenvalue weighted by molar-refractivity contribution is 5.89. The summed E-state index contributed by atoms with van der Waals surface area (Å²) in [6.45, 7) is 2.59. The Morgan fingerprint density at radius 1 is 1.38 bits per heavy atom. The smallest absolute Gasteiger partial charge is 0.244 e. The van der Waals surface area contributed by atoms with Gasteiger partial charge in [-0.2, -0.15) is 0 Å². The number of likely N-dealkylation sites (N-methyl/N-ethyl adjacent to an activating group) is 1. The minimum Gasteiger partial charge on any atom is -0.347 e. The third-order valence-electron chi connectivity index (χ3n) is 2.80. The maximum absolute atomic E-state index is 11.8. The Morgan fingerprint density at radius 2 is 2.06 bits per heavy atom. The van der Waals surface area contributed by atoms with E-state index in [-0.39, 0.29) is 17.9 Å². The van der Waals surface area contributed by atoms with Crippen LogP contribution < -0.4 is 10.6 Å². The van der Waals surface area contributed by atoms with Crippen LogP contribution >= 0.6 is 0 Å². The molecule has 1 saturated heterocycles. The largest absolute Gasteiger partial charge is 0.347 e. The Bertz CT molecular complexity index is 260. The van der Waals surface area contributed by atoms with Gasteiger partial charge in [-0.05, 0) is 26.3 Å². The van der Waals surface area contributed by atoms with Crippen molar-refractivity contribution in [2.24, 2.45) is 0 Å². The molecule has 1 rings (SSSR count). The third-order valence-corrected chi connectivity index (χ3v) is 2.80. The highest BCUT2D eigenvalue weighted by Gasteiger charge is 2.24. The van der Waals surface area contributed by atoms with Crippen LogP contribution in [0.15, 0.2) is 0 Å². The van der Waals surface area contributed by atoms with Gasteiger partial charge in [-0.1, -0.05) is 6.42 Å². The molecule has 0 aromatic heterocycles. The monoisotopic (exact) mass is 227 g/mol. The normalized spacial score (nSPS) is 22.3. The van der Waals surface area contributed by atoms with Gasteiger partial charge in [0.2, 0.25) is 11.8 Å². The first-order chi connectivity index (χ1) is 7.52. The van der Waals surface area contributed by atoms with Crippen LogP contribution in [0, 0.1) is 0 Å². The maximum atomic E-state index is 11.8. The van der Waals surface area contributed by atoms with E-state index in [9.17, 15) is 9.59 Å². The summed E-state index contributed by atoms with van der Waals surface area (Å²) >= 11 is 0. The third kappa shape index (κ3) is 3.48. The second-order valence-electron chi connectivity index (χ2n) is 4.47. The van der Waals surface area contributed by atoms with Gasteiger partial charge in [0.1, 0.15) is 6.04 Å². The number of carbonyl (C=O) groups excluding carboxylic acids is 2. The lowest BCUT2D eigenvalue weighted by molar-refractivity contribution is -0.134. The molecule has 1 heterocycles. The summed E-state index contributed by atoms with van der Waals surface area (Å²) in [7, 11) is 3.37. The SMILES string of the molecule is CC(NC(=O)[C@H]1CCCCN1)C(=O)N(C)C. The van der Waals surface area contributed by atoms with Crippen LogP contribution in [0.4, 0.5) is 0 Å². The van der Waals surface area contributed by atoms with Crippen molar-refractivity contribution >= 4 is 11.8 Å². The highest BCUT2D eigenvalue weighted by atomic mass is 16.2. The van der Waals surface area contributed by atoms with E-state index < -0.39 is 6.04 Å². The van der Waals surface area contributed by atoms with Crippen molar-refractivity contribution in [1.82, 2.24) is 15.5 Å². The number of amides is 2. The average molecular weight is 227 g/mol. The minimum absolute atomic E-state index is 0.0672. The number of piperidine rings is 1. The van der Waals surface area contributed by atoms with Gasteiger partial charge in [0.05, 0.1) is 6.04 Å². The van der Waals surface area contributed by atoms with Crippen molar-refractivity contribution in [3.05, 3.63) is 0 Å². The molecule has 1 aliphatic heterocycles. The van der Waals surface area contributed by atoms with Crippen LogP contribution in [0.2, 0.25) is 0 Å². The van der Waals surface area contributed by atoms with Gasteiger partial charge >= 0.3 is 0 Å². The van der Waals surface area contributed by atoms with Crippen molar-refractivity contribution in [1.29, 1.82) is 0 Å². The fraction of sp³-hybridized carbons (Fsp3) is 0.818. The molecule has 2 amide bonds. The van der Waals surface area contributed by atoms with E-state index in [1.165, 1.54) is 4.90 Å². The molecule has 92 valence electrons. The zero-order valence-corrected chi connectivity index (χ0v) is 10.2. The molecule has 0 aliphatic carbocycles. The van der Waals surface area contributed by atoms with Crippen molar-refractivity contribution in [3.8, 4) is 0 Å². The van der Waals surface area contributed by atoms with Gasteiger partial charge in [-0.25, -0.2) is 0 Å². The molecular formula is C11H21N3O2. The summed E-state index contributed by atoms with van der Waals surface area (Å²) in [5.74, 6) is -0.147. The van der Waals surface area contributed by atoms with Gasteiger partial charge in [0.15, 0.2) is 0 Å². The highest BCUT2D eigenvalue weighted by Crippen LogP contribution is 2.07. The summed E-state index contributed by atoms with van der Waals surface area (Å²) in [5, 5.41) is 5.89. The number of nitrogens with zero attached hydrogens (tertiary/aromatic N) is 1. The standard InChI is InChI=1S/C11H21N3O2/c1-8(11(16)14(2)3)13-10(15)9-6-4-5-7-12-9/h8-9,12H,4-7H2,1-3H3,(H,13,15)/t8?,9-/m1/s1. The van der Waals surface area contributed by atoms with Crippen LogP contribution in [-0.2, 0) is 9.59 Å². The summed E-state index contributed by atoms with van der Waals surface area (Å²) in [6, 6.07) is -0.586. The molecule has 0 bridgehead atoms. The Morgan fingerprint density at radius 3 is 2.56 bits per heavy atom. The number of nitrogens with one attached hydrogen (secondary N) is 2. The molecule has 5 heteroatoms. The van der Waals surface area contributed by atoms with Crippen LogP contribution in [-0.4, -0.2) is 49.4 Å². The van der Waals surface area contributed by atoms with E-state index in [4.69, 9.17) is 0 Å². The van der Waals surface area contributed by atoms with Gasteiger partial charge in [-0.15, -0.1) is 0 Å². The minimum atomic E-state index is -0.453. The molecule has 1 aliphatic rings. The zero-order chi connectivity index (χ0) is 12.1. The van der Waals surface area contributed by atoms with Gasteiger partial charge in [-0.3, -0.25) is 9.59 Å². The zero-order valence-electron chi connectivity index (χ0n) is 10.2. The van der Waals surface area contributed by atoms with Gasteiger partial charge in [0, 0.05) is 14.1 Å². The Balaban J connectivity index is 2.40. The molecule has 2 atom stereocenters. The van der Waals surface area contributed by atoms with Crippen LogP contribution in [0.25, 0.3) is 0 Å². The fourth-order valence-corrected chi connectivity index (χ4v) is 1.84.